The molecule has 3 N–H and O–H groups in total. The lowest BCUT2D eigenvalue weighted by atomic mass is 9.95. The summed E-state index contributed by atoms with van der Waals surface area (Å²) in [7, 11) is 0. The van der Waals surface area contributed by atoms with Gasteiger partial charge in [0, 0.05) is 23.8 Å². The van der Waals surface area contributed by atoms with Crippen LogP contribution >= 0.6 is 11.6 Å². The highest BCUT2D eigenvalue weighted by atomic mass is 35.5. The maximum absolute atomic E-state index is 13.3. The average molecular weight is 553 g/mol. The molecule has 38 heavy (non-hydrogen) atoms. The van der Waals surface area contributed by atoms with Gasteiger partial charge in [-0.05, 0) is 87.0 Å². The minimum absolute atomic E-state index is 0.0141. The van der Waals surface area contributed by atoms with E-state index in [0.717, 1.165) is 75.4 Å². The van der Waals surface area contributed by atoms with E-state index in [4.69, 9.17) is 16.6 Å². The maximum atomic E-state index is 13.3. The number of alkyl halides is 3. The van der Waals surface area contributed by atoms with Crippen molar-refractivity contribution in [1.82, 2.24) is 15.2 Å². The van der Waals surface area contributed by atoms with Crippen LogP contribution in [0.15, 0.2) is 30.3 Å². The highest BCUT2D eigenvalue weighted by molar-refractivity contribution is 6.30. The first kappa shape index (κ1) is 28.2. The summed E-state index contributed by atoms with van der Waals surface area (Å²) in [5.74, 6) is -1.01. The number of carbonyl (C=O) groups is 2. The van der Waals surface area contributed by atoms with Gasteiger partial charge in [0.05, 0.1) is 23.9 Å². The Morgan fingerprint density at radius 1 is 1.24 bits per heavy atom. The summed E-state index contributed by atoms with van der Waals surface area (Å²) in [5.41, 5.74) is 1.30. The summed E-state index contributed by atoms with van der Waals surface area (Å²) in [4.78, 5) is 31.5. The van der Waals surface area contributed by atoms with Gasteiger partial charge in [-0.1, -0.05) is 17.7 Å². The zero-order valence-corrected chi connectivity index (χ0v) is 21.7. The molecule has 2 aliphatic heterocycles. The Kier molecular flexibility index (Phi) is 9.15. The van der Waals surface area contributed by atoms with E-state index in [-0.39, 0.29) is 22.4 Å². The Labute approximate surface area is 224 Å². The molecule has 2 aromatic rings. The van der Waals surface area contributed by atoms with E-state index in [1.54, 1.807) is 0 Å². The van der Waals surface area contributed by atoms with Gasteiger partial charge in [-0.15, -0.1) is 0 Å². The van der Waals surface area contributed by atoms with Gasteiger partial charge in [-0.2, -0.15) is 13.2 Å². The second-order valence-corrected chi connectivity index (χ2v) is 10.5. The van der Waals surface area contributed by atoms with E-state index >= 15 is 0 Å². The highest BCUT2D eigenvalue weighted by Crippen LogP contribution is 2.34. The molecule has 0 saturated carbocycles. The van der Waals surface area contributed by atoms with Crippen LogP contribution in [-0.4, -0.2) is 53.0 Å². The van der Waals surface area contributed by atoms with Crippen molar-refractivity contribution >= 4 is 29.3 Å². The molecule has 11 heteroatoms. The molecule has 0 bridgehead atoms. The lowest BCUT2D eigenvalue weighted by Gasteiger charge is -2.33. The number of carboxylic acids is 1. The molecule has 2 atom stereocenters. The van der Waals surface area contributed by atoms with Crippen LogP contribution in [0.4, 0.5) is 19.0 Å². The number of carbonyl (C=O) groups excluding carboxylic acids is 1. The lowest BCUT2D eigenvalue weighted by molar-refractivity contribution is -0.138. The van der Waals surface area contributed by atoms with Crippen molar-refractivity contribution in [3.05, 3.63) is 57.7 Å². The Bertz CT molecular complexity index is 1160. The minimum atomic E-state index is -4.65. The molecule has 7 nitrogen and oxygen atoms in total. The van der Waals surface area contributed by atoms with Crippen LogP contribution in [0.25, 0.3) is 0 Å². The molecular formula is C27H32ClF3N4O3. The molecule has 0 aliphatic carbocycles. The summed E-state index contributed by atoms with van der Waals surface area (Å²) >= 11 is 5.89. The van der Waals surface area contributed by atoms with E-state index in [1.165, 1.54) is 11.6 Å². The number of likely N-dealkylation sites (tertiary alicyclic amines) is 1. The number of benzene rings is 1. The number of fused-ring (bicyclic) bond motifs is 1. The van der Waals surface area contributed by atoms with Crippen molar-refractivity contribution in [1.29, 1.82) is 0 Å². The molecular weight excluding hydrogens is 521 g/mol. The summed E-state index contributed by atoms with van der Waals surface area (Å²) in [6.07, 6.45) is 0.0870. The molecule has 1 amide bonds. The average Bonchev–Trinajstić information content (AvgIpc) is 2.87. The fourth-order valence-electron chi connectivity index (χ4n) is 5.16. The number of aliphatic carboxylic acids is 1. The topological polar surface area (TPSA) is 94.6 Å². The van der Waals surface area contributed by atoms with Crippen molar-refractivity contribution < 1.29 is 27.9 Å². The van der Waals surface area contributed by atoms with E-state index < -0.39 is 30.2 Å². The van der Waals surface area contributed by atoms with E-state index in [2.05, 4.69) is 27.7 Å². The quantitative estimate of drug-likeness (QED) is 0.401. The van der Waals surface area contributed by atoms with Crippen LogP contribution in [0.2, 0.25) is 5.02 Å². The van der Waals surface area contributed by atoms with E-state index in [9.17, 15) is 27.9 Å². The summed E-state index contributed by atoms with van der Waals surface area (Å²) in [6.45, 7) is 3.09. The zero-order valence-electron chi connectivity index (χ0n) is 21.0. The van der Waals surface area contributed by atoms with Crippen LogP contribution in [0.1, 0.15) is 60.5 Å². The molecule has 206 valence electrons. The normalized spacial score (nSPS) is 18.8. The number of aromatic nitrogens is 1. The van der Waals surface area contributed by atoms with Crippen molar-refractivity contribution in [2.75, 3.05) is 31.5 Å². The molecule has 2 aliphatic rings. The molecule has 1 unspecified atom stereocenters. The van der Waals surface area contributed by atoms with Gasteiger partial charge < -0.3 is 20.6 Å². The van der Waals surface area contributed by atoms with Gasteiger partial charge in [0.25, 0.3) is 0 Å². The third kappa shape index (κ3) is 7.60. The zero-order chi connectivity index (χ0) is 27.3. The number of piperidine rings is 1. The van der Waals surface area contributed by atoms with Crippen LogP contribution in [0, 0.1) is 5.92 Å². The number of rotatable bonds is 9. The molecule has 1 saturated heterocycles. The first-order chi connectivity index (χ1) is 18.1. The molecule has 0 radical (unpaired) electrons. The summed E-state index contributed by atoms with van der Waals surface area (Å²) in [6, 6.07) is 5.97. The first-order valence-electron chi connectivity index (χ1n) is 12.9. The van der Waals surface area contributed by atoms with Gasteiger partial charge in [-0.25, -0.2) is 4.98 Å². The number of nitrogens with zero attached hydrogens (tertiary/aromatic N) is 2. The SMILES string of the molecule is O=C(O)CC(NC(=O)[C@@H]1CCCN(CCCc2ccc3c(n2)NCCC3)C1)c1cc(Cl)cc(C(F)(F)F)c1. The number of halogens is 4. The fraction of sp³-hybridized carbons (Fsp3) is 0.519. The number of carboxylic acid groups (broad SMARTS) is 1. The Morgan fingerprint density at radius 2 is 2.05 bits per heavy atom. The summed E-state index contributed by atoms with van der Waals surface area (Å²) in [5, 5.41) is 15.2. The number of hydrogen-bond acceptors (Lipinski definition) is 5. The predicted molar refractivity (Wildman–Crippen MR) is 138 cm³/mol. The predicted octanol–water partition coefficient (Wildman–Crippen LogP) is 5.09. The number of pyridine rings is 1. The Hall–Kier alpha value is -2.85. The number of amides is 1. The molecule has 1 aromatic carbocycles. The van der Waals surface area contributed by atoms with Crippen LogP contribution < -0.4 is 10.6 Å². The smallest absolute Gasteiger partial charge is 0.416 e. The first-order valence-corrected chi connectivity index (χ1v) is 13.3. The maximum Gasteiger partial charge on any atom is 0.416 e. The van der Waals surface area contributed by atoms with E-state index in [0.29, 0.717) is 13.0 Å². The van der Waals surface area contributed by atoms with Crippen molar-refractivity contribution in [3.8, 4) is 0 Å². The third-order valence-corrected chi connectivity index (χ3v) is 7.30. The summed E-state index contributed by atoms with van der Waals surface area (Å²) < 4.78 is 39.8. The largest absolute Gasteiger partial charge is 0.481 e. The number of aryl methyl sites for hydroxylation is 2. The molecule has 0 spiro atoms. The van der Waals surface area contributed by atoms with Gasteiger partial charge in [-0.3, -0.25) is 9.59 Å². The second kappa shape index (κ2) is 12.3. The van der Waals surface area contributed by atoms with Crippen LogP contribution in [0.3, 0.4) is 0 Å². The molecule has 3 heterocycles. The highest BCUT2D eigenvalue weighted by Gasteiger charge is 2.33. The van der Waals surface area contributed by atoms with Crippen LogP contribution in [0.5, 0.6) is 0 Å². The standard InChI is InChI=1S/C27H32ClF3N4O3/c28-21-13-19(12-20(14-21)27(29,30)31)23(15-24(36)37)34-26(38)18-5-2-10-35(16-18)11-3-6-22-8-7-17-4-1-9-32-25(17)33-22/h7-8,12-14,18,23H,1-6,9-11,15-16H2,(H,32,33)(H,34,38)(H,36,37)/t18-,23?/m1/s1. The fourth-order valence-corrected chi connectivity index (χ4v) is 5.40. The minimum Gasteiger partial charge on any atom is -0.481 e. The van der Waals surface area contributed by atoms with Crippen molar-refractivity contribution in [2.24, 2.45) is 5.92 Å². The molecule has 1 aromatic heterocycles. The van der Waals surface area contributed by atoms with Gasteiger partial charge in [0.1, 0.15) is 5.82 Å². The van der Waals surface area contributed by atoms with Gasteiger partial charge in [0.15, 0.2) is 0 Å². The second-order valence-electron chi connectivity index (χ2n) is 10.0. The number of nitrogens with one attached hydrogen (secondary N) is 2. The lowest BCUT2D eigenvalue weighted by Crippen LogP contribution is -2.44. The van der Waals surface area contributed by atoms with Crippen molar-refractivity contribution in [2.45, 2.75) is 57.2 Å². The molecule has 4 rings (SSSR count). The van der Waals surface area contributed by atoms with E-state index in [1.807, 2.05) is 0 Å². The van der Waals surface area contributed by atoms with Gasteiger partial charge >= 0.3 is 12.1 Å². The number of hydrogen-bond donors (Lipinski definition) is 3. The van der Waals surface area contributed by atoms with Gasteiger partial charge in [0.2, 0.25) is 5.91 Å². The third-order valence-electron chi connectivity index (χ3n) is 7.08. The monoisotopic (exact) mass is 552 g/mol. The van der Waals surface area contributed by atoms with Crippen molar-refractivity contribution in [3.63, 3.8) is 0 Å². The Morgan fingerprint density at radius 3 is 2.82 bits per heavy atom. The Balaban J connectivity index is 1.35. The van der Waals surface area contributed by atoms with Crippen LogP contribution in [-0.2, 0) is 28.6 Å². The molecule has 1 fully saturated rings. The number of anilines is 1.